The first-order valence-electron chi connectivity index (χ1n) is 7.08. The molecule has 2 atom stereocenters. The normalized spacial score (nSPS) is 16.6. The molecule has 0 radical (unpaired) electrons. The first kappa shape index (κ1) is 18.4. The zero-order valence-corrected chi connectivity index (χ0v) is 13.3. The molecule has 2 unspecified atom stereocenters. The number of primary amides is 1. The molecule has 0 spiro atoms. The Hall–Kier alpha value is -0.650. The molecule has 114 valence electrons. The molecule has 0 heterocycles. The first-order valence-corrected chi connectivity index (χ1v) is 7.08. The Kier molecular flexibility index (Phi) is 8.22. The first-order chi connectivity index (χ1) is 8.73. The van der Waals surface area contributed by atoms with Gasteiger partial charge in [0.1, 0.15) is 0 Å². The van der Waals surface area contributed by atoms with Crippen molar-refractivity contribution < 1.29 is 9.53 Å². The zero-order chi connectivity index (χ0) is 15.1. The van der Waals surface area contributed by atoms with Gasteiger partial charge < -0.3 is 20.7 Å². The lowest BCUT2D eigenvalue weighted by atomic mass is 9.91. The van der Waals surface area contributed by atoms with Crippen molar-refractivity contribution in [1.29, 1.82) is 0 Å². The minimum atomic E-state index is -0.673. The van der Waals surface area contributed by atoms with E-state index in [0.29, 0.717) is 13.0 Å². The summed E-state index contributed by atoms with van der Waals surface area (Å²) in [5, 5.41) is 3.28. The van der Waals surface area contributed by atoms with Gasteiger partial charge in [-0.25, -0.2) is 0 Å². The number of rotatable bonds is 10. The van der Waals surface area contributed by atoms with E-state index >= 15 is 0 Å². The highest BCUT2D eigenvalue weighted by Gasteiger charge is 2.34. The summed E-state index contributed by atoms with van der Waals surface area (Å²) in [5.74, 6) is -0.300. The molecular formula is C14H31N3O2. The third kappa shape index (κ3) is 6.89. The Bertz CT molecular complexity index is 271. The molecule has 0 saturated heterocycles. The number of carbonyl (C=O) groups is 1. The number of ether oxygens (including phenoxy) is 1. The van der Waals surface area contributed by atoms with Gasteiger partial charge in [-0.15, -0.1) is 0 Å². The smallest absolute Gasteiger partial charge is 0.237 e. The van der Waals surface area contributed by atoms with Gasteiger partial charge in [-0.05, 0) is 48.1 Å². The van der Waals surface area contributed by atoms with Crippen molar-refractivity contribution in [2.45, 2.75) is 58.7 Å². The fraction of sp³-hybridized carbons (Fsp3) is 0.929. The van der Waals surface area contributed by atoms with Crippen LogP contribution in [0.5, 0.6) is 0 Å². The molecule has 0 rings (SSSR count). The number of hydrogen-bond donors (Lipinski definition) is 2. The van der Waals surface area contributed by atoms with E-state index in [0.717, 1.165) is 13.2 Å². The van der Waals surface area contributed by atoms with Crippen LogP contribution in [0.3, 0.4) is 0 Å². The number of nitrogens with zero attached hydrogens (tertiary/aromatic N) is 1. The van der Waals surface area contributed by atoms with E-state index in [1.54, 1.807) is 0 Å². The van der Waals surface area contributed by atoms with Gasteiger partial charge in [0.25, 0.3) is 0 Å². The molecule has 0 fully saturated rings. The number of amides is 1. The highest BCUT2D eigenvalue weighted by molar-refractivity contribution is 5.84. The van der Waals surface area contributed by atoms with E-state index < -0.39 is 5.54 Å². The Morgan fingerprint density at radius 1 is 1.42 bits per heavy atom. The van der Waals surface area contributed by atoms with Crippen LogP contribution < -0.4 is 11.1 Å². The second kappa shape index (κ2) is 8.51. The molecule has 0 aliphatic heterocycles. The van der Waals surface area contributed by atoms with E-state index in [-0.39, 0.29) is 18.0 Å². The lowest BCUT2D eigenvalue weighted by Gasteiger charge is -2.35. The molecule has 0 aromatic rings. The summed E-state index contributed by atoms with van der Waals surface area (Å²) in [6, 6.07) is 0.475. The van der Waals surface area contributed by atoms with Crippen LogP contribution >= 0.6 is 0 Å². The van der Waals surface area contributed by atoms with Gasteiger partial charge >= 0.3 is 0 Å². The van der Waals surface area contributed by atoms with Gasteiger partial charge in [0, 0.05) is 25.2 Å². The largest absolute Gasteiger partial charge is 0.380 e. The van der Waals surface area contributed by atoms with E-state index in [1.807, 2.05) is 34.7 Å². The van der Waals surface area contributed by atoms with Crippen molar-refractivity contribution in [2.75, 3.05) is 26.8 Å². The van der Waals surface area contributed by atoms with Gasteiger partial charge in [0.15, 0.2) is 0 Å². The molecule has 0 aliphatic rings. The van der Waals surface area contributed by atoms with Crippen LogP contribution in [0, 0.1) is 0 Å². The Morgan fingerprint density at radius 3 is 2.42 bits per heavy atom. The van der Waals surface area contributed by atoms with E-state index in [4.69, 9.17) is 10.5 Å². The van der Waals surface area contributed by atoms with Crippen molar-refractivity contribution in [1.82, 2.24) is 10.2 Å². The summed E-state index contributed by atoms with van der Waals surface area (Å²) in [7, 11) is 2.04. The summed E-state index contributed by atoms with van der Waals surface area (Å²) >= 11 is 0. The fourth-order valence-corrected chi connectivity index (χ4v) is 2.19. The quantitative estimate of drug-likeness (QED) is 0.582. The van der Waals surface area contributed by atoms with Crippen molar-refractivity contribution in [3.63, 3.8) is 0 Å². The van der Waals surface area contributed by atoms with Crippen LogP contribution in [0.15, 0.2) is 0 Å². The maximum absolute atomic E-state index is 11.7. The Balaban J connectivity index is 4.45. The Morgan fingerprint density at radius 2 is 2.00 bits per heavy atom. The second-order valence-corrected chi connectivity index (χ2v) is 5.73. The van der Waals surface area contributed by atoms with Gasteiger partial charge in [-0.2, -0.15) is 0 Å². The summed E-state index contributed by atoms with van der Waals surface area (Å²) in [5.41, 5.74) is 4.87. The molecule has 19 heavy (non-hydrogen) atoms. The maximum Gasteiger partial charge on any atom is 0.237 e. The van der Waals surface area contributed by atoms with Gasteiger partial charge in [0.05, 0.1) is 12.1 Å². The van der Waals surface area contributed by atoms with Crippen LogP contribution in [-0.2, 0) is 9.53 Å². The summed E-state index contributed by atoms with van der Waals surface area (Å²) in [6.45, 7) is 12.3. The number of likely N-dealkylation sites (N-methyl/N-ethyl adjacent to an activating group) is 1. The van der Waals surface area contributed by atoms with E-state index in [2.05, 4.69) is 17.1 Å². The number of carbonyl (C=O) groups excluding carboxylic acids is 1. The van der Waals surface area contributed by atoms with Gasteiger partial charge in [0.2, 0.25) is 5.91 Å². The average molecular weight is 273 g/mol. The third-order valence-electron chi connectivity index (χ3n) is 3.40. The van der Waals surface area contributed by atoms with Gasteiger partial charge in [-0.1, -0.05) is 0 Å². The molecule has 0 aromatic heterocycles. The summed E-state index contributed by atoms with van der Waals surface area (Å²) in [4.78, 5) is 13.9. The topological polar surface area (TPSA) is 67.6 Å². The monoisotopic (exact) mass is 273 g/mol. The number of nitrogens with one attached hydrogen (secondary N) is 1. The molecule has 3 N–H and O–H groups in total. The number of hydrogen-bond acceptors (Lipinski definition) is 4. The van der Waals surface area contributed by atoms with E-state index in [1.165, 1.54) is 0 Å². The zero-order valence-electron chi connectivity index (χ0n) is 13.3. The third-order valence-corrected chi connectivity index (χ3v) is 3.40. The molecule has 0 saturated carbocycles. The Labute approximate surface area is 117 Å². The SMILES string of the molecule is CCOCCN(C)C(C)CC(C)(NC(C)C)C(N)=O. The second-order valence-electron chi connectivity index (χ2n) is 5.73. The molecule has 0 bridgehead atoms. The predicted molar refractivity (Wildman–Crippen MR) is 79.1 cm³/mol. The van der Waals surface area contributed by atoms with Crippen molar-refractivity contribution >= 4 is 5.91 Å². The molecule has 5 nitrogen and oxygen atoms in total. The van der Waals surface area contributed by atoms with Crippen LogP contribution in [-0.4, -0.2) is 55.2 Å². The lowest BCUT2D eigenvalue weighted by Crippen LogP contribution is -2.58. The van der Waals surface area contributed by atoms with Gasteiger partial charge in [-0.3, -0.25) is 4.79 Å². The molecular weight excluding hydrogens is 242 g/mol. The predicted octanol–water partition coefficient (Wildman–Crippen LogP) is 0.975. The van der Waals surface area contributed by atoms with Crippen molar-refractivity contribution in [2.24, 2.45) is 5.73 Å². The molecule has 1 amide bonds. The molecule has 0 aliphatic carbocycles. The summed E-state index contributed by atoms with van der Waals surface area (Å²) in [6.07, 6.45) is 0.684. The highest BCUT2D eigenvalue weighted by Crippen LogP contribution is 2.16. The highest BCUT2D eigenvalue weighted by atomic mass is 16.5. The standard InChI is InChI=1S/C14H31N3O2/c1-7-19-9-8-17(6)12(4)10-14(5,13(15)18)16-11(2)3/h11-12,16H,7-10H2,1-6H3,(H2,15,18). The minimum Gasteiger partial charge on any atom is -0.380 e. The van der Waals surface area contributed by atoms with E-state index in [9.17, 15) is 4.79 Å². The molecule has 5 heteroatoms. The molecule has 0 aromatic carbocycles. The van der Waals surface area contributed by atoms with Crippen LogP contribution in [0.1, 0.15) is 41.0 Å². The number of nitrogens with two attached hydrogens (primary N) is 1. The maximum atomic E-state index is 11.7. The van der Waals surface area contributed by atoms with Crippen LogP contribution in [0.25, 0.3) is 0 Å². The minimum absolute atomic E-state index is 0.221. The summed E-state index contributed by atoms with van der Waals surface area (Å²) < 4.78 is 5.35. The fourth-order valence-electron chi connectivity index (χ4n) is 2.19. The van der Waals surface area contributed by atoms with Crippen LogP contribution in [0.4, 0.5) is 0 Å². The lowest BCUT2D eigenvalue weighted by molar-refractivity contribution is -0.124. The van der Waals surface area contributed by atoms with Crippen molar-refractivity contribution in [3.05, 3.63) is 0 Å². The van der Waals surface area contributed by atoms with Crippen LogP contribution in [0.2, 0.25) is 0 Å². The van der Waals surface area contributed by atoms with Crippen molar-refractivity contribution in [3.8, 4) is 0 Å². The average Bonchev–Trinajstić information content (AvgIpc) is 2.27.